The Morgan fingerprint density at radius 3 is 2.22 bits per heavy atom. The Morgan fingerprint density at radius 1 is 1.03 bits per heavy atom. The normalized spacial score (nSPS) is 15.2. The fourth-order valence-electron chi connectivity index (χ4n) is 3.56. The van der Waals surface area contributed by atoms with Crippen LogP contribution in [0.1, 0.15) is 35.7 Å². The summed E-state index contributed by atoms with van der Waals surface area (Å²) in [4.78, 5) is 24.4. The Morgan fingerprint density at radius 2 is 1.66 bits per heavy atom. The summed E-state index contributed by atoms with van der Waals surface area (Å²) in [6.45, 7) is 2.90. The van der Waals surface area contributed by atoms with Gasteiger partial charge in [0.2, 0.25) is 15.9 Å². The minimum absolute atomic E-state index is 0.0725. The molecule has 0 unspecified atom stereocenters. The number of carbonyl (C=O) groups excluding carboxylic acids is 2. The number of esters is 1. The van der Waals surface area contributed by atoms with Crippen LogP contribution in [0.25, 0.3) is 0 Å². The van der Waals surface area contributed by atoms with Gasteiger partial charge in [-0.15, -0.1) is 0 Å². The van der Waals surface area contributed by atoms with Gasteiger partial charge in [-0.25, -0.2) is 13.2 Å². The van der Waals surface area contributed by atoms with Crippen LogP contribution < -0.4 is 10.1 Å². The molecule has 3 rings (SSSR count). The molecule has 8 nitrogen and oxygen atoms in total. The lowest BCUT2D eigenvalue weighted by atomic mass is 9.97. The molecule has 0 bridgehead atoms. The van der Waals surface area contributed by atoms with E-state index in [0.29, 0.717) is 24.9 Å². The molecule has 0 aromatic heterocycles. The van der Waals surface area contributed by atoms with Crippen molar-refractivity contribution in [3.63, 3.8) is 0 Å². The first-order chi connectivity index (χ1) is 15.3. The average molecular weight is 461 g/mol. The van der Waals surface area contributed by atoms with E-state index in [-0.39, 0.29) is 36.4 Å². The van der Waals surface area contributed by atoms with Gasteiger partial charge >= 0.3 is 5.97 Å². The van der Waals surface area contributed by atoms with Gasteiger partial charge in [0.05, 0.1) is 24.2 Å². The molecule has 1 amide bonds. The molecule has 0 radical (unpaired) electrons. The highest BCUT2D eigenvalue weighted by molar-refractivity contribution is 7.89. The van der Waals surface area contributed by atoms with E-state index in [2.05, 4.69) is 5.32 Å². The number of amides is 1. The molecule has 0 aliphatic carbocycles. The Bertz CT molecular complexity index is 1030. The maximum absolute atomic E-state index is 12.9. The number of hydrogen-bond acceptors (Lipinski definition) is 6. The third kappa shape index (κ3) is 5.66. The number of ether oxygens (including phenoxy) is 2. The number of hydrogen-bond donors (Lipinski definition) is 1. The Labute approximate surface area is 188 Å². The number of carbonyl (C=O) groups is 2. The molecular formula is C23H28N2O6S. The van der Waals surface area contributed by atoms with E-state index in [4.69, 9.17) is 9.47 Å². The Hall–Kier alpha value is -2.91. The summed E-state index contributed by atoms with van der Waals surface area (Å²) < 4.78 is 37.3. The number of nitrogens with zero attached hydrogens (tertiary/aromatic N) is 1. The van der Waals surface area contributed by atoms with Crippen LogP contribution in [0.4, 0.5) is 0 Å². The van der Waals surface area contributed by atoms with Crippen LogP contribution in [-0.2, 0) is 26.1 Å². The predicted octanol–water partition coefficient (Wildman–Crippen LogP) is 2.59. The minimum atomic E-state index is -3.69. The van der Waals surface area contributed by atoms with Crippen molar-refractivity contribution in [2.45, 2.75) is 31.2 Å². The van der Waals surface area contributed by atoms with Crippen molar-refractivity contribution in [2.75, 3.05) is 26.8 Å². The number of rotatable bonds is 8. The number of nitrogens with one attached hydrogen (secondary N) is 1. The maximum atomic E-state index is 12.9. The van der Waals surface area contributed by atoms with E-state index in [1.807, 2.05) is 24.3 Å². The molecule has 0 saturated carbocycles. The number of sulfonamides is 1. The molecule has 1 heterocycles. The number of piperidine rings is 1. The van der Waals surface area contributed by atoms with E-state index in [1.54, 1.807) is 14.0 Å². The fraction of sp³-hybridized carbons (Fsp3) is 0.391. The monoisotopic (exact) mass is 460 g/mol. The van der Waals surface area contributed by atoms with Crippen LogP contribution in [0.2, 0.25) is 0 Å². The van der Waals surface area contributed by atoms with Crippen molar-refractivity contribution in [2.24, 2.45) is 5.92 Å². The molecule has 2 aromatic carbocycles. The first kappa shape index (κ1) is 23.7. The molecule has 1 saturated heterocycles. The summed E-state index contributed by atoms with van der Waals surface area (Å²) in [6.07, 6.45) is 0.906. The topological polar surface area (TPSA) is 102 Å². The molecule has 2 aromatic rings. The van der Waals surface area contributed by atoms with Gasteiger partial charge in [0.15, 0.2) is 0 Å². The molecule has 0 atom stereocenters. The average Bonchev–Trinajstić information content (AvgIpc) is 2.83. The smallest absolute Gasteiger partial charge is 0.338 e. The molecule has 0 spiro atoms. The van der Waals surface area contributed by atoms with E-state index < -0.39 is 16.0 Å². The second kappa shape index (κ2) is 10.6. The highest BCUT2D eigenvalue weighted by Crippen LogP contribution is 2.24. The zero-order valence-electron chi connectivity index (χ0n) is 18.2. The second-order valence-corrected chi connectivity index (χ2v) is 9.43. The lowest BCUT2D eigenvalue weighted by molar-refractivity contribution is -0.126. The fourth-order valence-corrected chi connectivity index (χ4v) is 5.03. The SMILES string of the molecule is CCOC(=O)c1ccc(S(=O)(=O)N2CCC(C(=O)NCc3ccc(OC)cc3)CC2)cc1. The molecule has 32 heavy (non-hydrogen) atoms. The standard InChI is InChI=1S/C23H28N2O6S/c1-3-31-23(27)19-6-10-21(11-7-19)32(28,29)25-14-12-18(13-15-25)22(26)24-16-17-4-8-20(30-2)9-5-17/h4-11,18H,3,12-16H2,1-2H3,(H,24,26). The summed E-state index contributed by atoms with van der Waals surface area (Å²) in [5.41, 5.74) is 1.27. The largest absolute Gasteiger partial charge is 0.497 e. The summed E-state index contributed by atoms with van der Waals surface area (Å²) in [7, 11) is -2.09. The zero-order chi connectivity index (χ0) is 23.1. The van der Waals surface area contributed by atoms with Crippen LogP contribution in [0.3, 0.4) is 0 Å². The van der Waals surface area contributed by atoms with E-state index in [9.17, 15) is 18.0 Å². The second-order valence-electron chi connectivity index (χ2n) is 7.49. The first-order valence-electron chi connectivity index (χ1n) is 10.5. The van der Waals surface area contributed by atoms with Crippen molar-refractivity contribution >= 4 is 21.9 Å². The minimum Gasteiger partial charge on any atom is -0.497 e. The van der Waals surface area contributed by atoms with Crippen LogP contribution in [0.15, 0.2) is 53.4 Å². The maximum Gasteiger partial charge on any atom is 0.338 e. The summed E-state index contributed by atoms with van der Waals surface area (Å²) in [6, 6.07) is 13.2. The third-order valence-electron chi connectivity index (χ3n) is 5.45. The van der Waals surface area contributed by atoms with Crippen molar-refractivity contribution < 1.29 is 27.5 Å². The van der Waals surface area contributed by atoms with Gasteiger partial charge in [0.25, 0.3) is 0 Å². The van der Waals surface area contributed by atoms with Gasteiger partial charge in [0.1, 0.15) is 5.75 Å². The molecular weight excluding hydrogens is 432 g/mol. The van der Waals surface area contributed by atoms with Crippen LogP contribution in [0.5, 0.6) is 5.75 Å². The molecule has 9 heteroatoms. The van der Waals surface area contributed by atoms with Crippen molar-refractivity contribution in [1.82, 2.24) is 9.62 Å². The van der Waals surface area contributed by atoms with Crippen molar-refractivity contribution in [1.29, 1.82) is 0 Å². The van der Waals surface area contributed by atoms with Gasteiger partial charge in [-0.05, 0) is 61.7 Å². The van der Waals surface area contributed by atoms with Crippen LogP contribution in [-0.4, -0.2) is 51.4 Å². The third-order valence-corrected chi connectivity index (χ3v) is 7.37. The number of methoxy groups -OCH3 is 1. The Kier molecular flexibility index (Phi) is 7.87. The van der Waals surface area contributed by atoms with E-state index >= 15 is 0 Å². The van der Waals surface area contributed by atoms with Crippen LogP contribution in [0, 0.1) is 5.92 Å². The van der Waals surface area contributed by atoms with Gasteiger partial charge < -0.3 is 14.8 Å². The lowest BCUT2D eigenvalue weighted by Crippen LogP contribution is -2.42. The van der Waals surface area contributed by atoms with Gasteiger partial charge in [-0.2, -0.15) is 4.31 Å². The zero-order valence-corrected chi connectivity index (χ0v) is 19.1. The van der Waals surface area contributed by atoms with Crippen molar-refractivity contribution in [3.05, 3.63) is 59.7 Å². The van der Waals surface area contributed by atoms with Crippen LogP contribution >= 0.6 is 0 Å². The molecule has 172 valence electrons. The molecule has 1 aliphatic rings. The molecule has 1 fully saturated rings. The first-order valence-corrected chi connectivity index (χ1v) is 12.0. The Balaban J connectivity index is 1.53. The molecule has 1 aliphatic heterocycles. The quantitative estimate of drug-likeness (QED) is 0.608. The lowest BCUT2D eigenvalue weighted by Gasteiger charge is -2.30. The highest BCUT2D eigenvalue weighted by atomic mass is 32.2. The summed E-state index contributed by atoms with van der Waals surface area (Å²) >= 11 is 0. The number of benzene rings is 2. The highest BCUT2D eigenvalue weighted by Gasteiger charge is 2.32. The van der Waals surface area contributed by atoms with Gasteiger partial charge in [0, 0.05) is 25.6 Å². The van der Waals surface area contributed by atoms with E-state index in [0.717, 1.165) is 11.3 Å². The molecule has 1 N–H and O–H groups in total. The summed E-state index contributed by atoms with van der Waals surface area (Å²) in [5, 5.41) is 2.93. The predicted molar refractivity (Wildman–Crippen MR) is 119 cm³/mol. The van der Waals surface area contributed by atoms with Gasteiger partial charge in [-0.1, -0.05) is 12.1 Å². The van der Waals surface area contributed by atoms with Crippen molar-refractivity contribution in [3.8, 4) is 5.75 Å². The summed E-state index contributed by atoms with van der Waals surface area (Å²) in [5.74, 6) is -0.0374. The van der Waals surface area contributed by atoms with E-state index in [1.165, 1.54) is 28.6 Å². The van der Waals surface area contributed by atoms with Gasteiger partial charge in [-0.3, -0.25) is 4.79 Å².